The molecule has 0 atom stereocenters. The molecule has 0 radical (unpaired) electrons. The van der Waals surface area contributed by atoms with Crippen LogP contribution in [-0.4, -0.2) is 25.1 Å². The zero-order valence-corrected chi connectivity index (χ0v) is 15.6. The van der Waals surface area contributed by atoms with Crippen LogP contribution in [0.5, 0.6) is 5.75 Å². The Bertz CT molecular complexity index is 739. The fourth-order valence-electron chi connectivity index (χ4n) is 2.31. The first-order chi connectivity index (χ1) is 12.1. The molecule has 1 N–H and O–H groups in total. The molecule has 0 bridgehead atoms. The molecule has 25 heavy (non-hydrogen) atoms. The number of ether oxygens (including phenoxy) is 2. The third-order valence-electron chi connectivity index (χ3n) is 3.59. The summed E-state index contributed by atoms with van der Waals surface area (Å²) in [6, 6.07) is 9.40. The molecular weight excluding hydrogens is 338 g/mol. The zero-order valence-electron chi connectivity index (χ0n) is 14.8. The van der Waals surface area contributed by atoms with Crippen molar-refractivity contribution in [2.24, 2.45) is 0 Å². The van der Waals surface area contributed by atoms with Crippen LogP contribution in [-0.2, 0) is 22.4 Å². The van der Waals surface area contributed by atoms with Crippen molar-refractivity contribution in [3.8, 4) is 5.75 Å². The van der Waals surface area contributed by atoms with Crippen LogP contribution in [0.3, 0.4) is 0 Å². The maximum Gasteiger partial charge on any atom is 0.341 e. The van der Waals surface area contributed by atoms with Crippen molar-refractivity contribution in [1.82, 2.24) is 0 Å². The first-order valence-corrected chi connectivity index (χ1v) is 9.21. The molecule has 0 fully saturated rings. The zero-order chi connectivity index (χ0) is 18.2. The summed E-state index contributed by atoms with van der Waals surface area (Å²) in [5, 5.41) is 3.27. The fourth-order valence-corrected chi connectivity index (χ4v) is 3.31. The average Bonchev–Trinajstić information content (AvgIpc) is 3.03. The van der Waals surface area contributed by atoms with Crippen LogP contribution in [0.1, 0.15) is 41.6 Å². The van der Waals surface area contributed by atoms with Crippen molar-refractivity contribution in [2.75, 3.05) is 18.5 Å². The molecule has 0 aliphatic heterocycles. The second-order valence-electron chi connectivity index (χ2n) is 5.33. The lowest BCUT2D eigenvalue weighted by molar-refractivity contribution is -0.118. The van der Waals surface area contributed by atoms with Crippen molar-refractivity contribution < 1.29 is 19.1 Å². The fraction of sp³-hybridized carbons (Fsp3) is 0.368. The number of thiophene rings is 1. The van der Waals surface area contributed by atoms with Gasteiger partial charge in [-0.15, -0.1) is 11.3 Å². The summed E-state index contributed by atoms with van der Waals surface area (Å²) in [5.41, 5.74) is 1.44. The van der Waals surface area contributed by atoms with E-state index in [4.69, 9.17) is 9.47 Å². The number of nitrogens with one attached hydrogen (secondary N) is 1. The van der Waals surface area contributed by atoms with Gasteiger partial charge in [-0.1, -0.05) is 32.0 Å². The lowest BCUT2D eigenvalue weighted by atomic mass is 10.1. The van der Waals surface area contributed by atoms with Gasteiger partial charge in [-0.2, -0.15) is 0 Å². The molecule has 1 heterocycles. The number of hydrogen-bond donors (Lipinski definition) is 1. The highest BCUT2D eigenvalue weighted by Gasteiger charge is 2.19. The largest absolute Gasteiger partial charge is 0.483 e. The molecule has 134 valence electrons. The predicted molar refractivity (Wildman–Crippen MR) is 99.6 cm³/mol. The number of anilines is 1. The minimum Gasteiger partial charge on any atom is -0.483 e. The van der Waals surface area contributed by atoms with Gasteiger partial charge >= 0.3 is 5.97 Å². The maximum atomic E-state index is 12.2. The Morgan fingerprint density at radius 2 is 1.88 bits per heavy atom. The van der Waals surface area contributed by atoms with E-state index in [2.05, 4.69) is 5.32 Å². The maximum absolute atomic E-state index is 12.2. The molecule has 5 nitrogen and oxygen atoms in total. The Hall–Kier alpha value is -2.34. The first kappa shape index (κ1) is 19.0. The highest BCUT2D eigenvalue weighted by Crippen LogP contribution is 2.29. The molecule has 1 aromatic heterocycles. The molecule has 0 spiro atoms. The molecule has 1 amide bonds. The molecule has 0 aliphatic carbocycles. The van der Waals surface area contributed by atoms with E-state index in [0.717, 1.165) is 23.3 Å². The van der Waals surface area contributed by atoms with E-state index >= 15 is 0 Å². The van der Waals surface area contributed by atoms with Crippen molar-refractivity contribution in [2.45, 2.75) is 33.6 Å². The third kappa shape index (κ3) is 5.06. The van der Waals surface area contributed by atoms with E-state index in [1.807, 2.05) is 38.1 Å². The van der Waals surface area contributed by atoms with Gasteiger partial charge in [-0.05, 0) is 37.5 Å². The van der Waals surface area contributed by atoms with Crippen LogP contribution in [0.2, 0.25) is 0 Å². The molecule has 0 saturated heterocycles. The first-order valence-electron chi connectivity index (χ1n) is 8.39. The van der Waals surface area contributed by atoms with Crippen molar-refractivity contribution in [3.63, 3.8) is 0 Å². The predicted octanol–water partition coefficient (Wildman–Crippen LogP) is 4.07. The van der Waals surface area contributed by atoms with E-state index in [0.29, 0.717) is 22.9 Å². The number of esters is 1. The molecular formula is C19H23NO4S. The third-order valence-corrected chi connectivity index (χ3v) is 4.79. The van der Waals surface area contributed by atoms with Gasteiger partial charge in [0, 0.05) is 4.88 Å². The summed E-state index contributed by atoms with van der Waals surface area (Å²) >= 11 is 1.38. The lowest BCUT2D eigenvalue weighted by Gasteiger charge is -2.10. The van der Waals surface area contributed by atoms with Crippen LogP contribution in [0.15, 0.2) is 30.3 Å². The van der Waals surface area contributed by atoms with Gasteiger partial charge in [0.2, 0.25) is 0 Å². The SMILES string of the molecule is CCOC(=O)c1cc(CC)sc1NC(=O)COc1ccccc1CC. The van der Waals surface area contributed by atoms with Crippen LogP contribution >= 0.6 is 11.3 Å². The van der Waals surface area contributed by atoms with Crippen LogP contribution in [0.4, 0.5) is 5.00 Å². The van der Waals surface area contributed by atoms with Gasteiger partial charge in [0.05, 0.1) is 12.2 Å². The highest BCUT2D eigenvalue weighted by atomic mass is 32.1. The molecule has 2 aromatic rings. The molecule has 0 saturated carbocycles. The Morgan fingerprint density at radius 3 is 2.56 bits per heavy atom. The summed E-state index contributed by atoms with van der Waals surface area (Å²) in [6.07, 6.45) is 1.61. The number of carbonyl (C=O) groups is 2. The standard InChI is InChI=1S/C19H23NO4S/c1-4-13-9-7-8-10-16(13)24-12-17(21)20-18-15(19(22)23-6-3)11-14(5-2)25-18/h7-11H,4-6,12H2,1-3H3,(H,20,21). The van der Waals surface area contributed by atoms with E-state index in [1.165, 1.54) is 11.3 Å². The number of benzene rings is 1. The minimum absolute atomic E-state index is 0.112. The van der Waals surface area contributed by atoms with Gasteiger partial charge in [0.15, 0.2) is 6.61 Å². The summed E-state index contributed by atoms with van der Waals surface area (Å²) in [6.45, 7) is 5.96. The Morgan fingerprint density at radius 1 is 1.12 bits per heavy atom. The number of aryl methyl sites for hydroxylation is 2. The number of amides is 1. The van der Waals surface area contributed by atoms with Gasteiger partial charge < -0.3 is 14.8 Å². The number of hydrogen-bond acceptors (Lipinski definition) is 5. The van der Waals surface area contributed by atoms with E-state index in [1.54, 1.807) is 13.0 Å². The van der Waals surface area contributed by atoms with Gasteiger partial charge in [0.1, 0.15) is 10.8 Å². The topological polar surface area (TPSA) is 64.6 Å². The molecule has 0 unspecified atom stereocenters. The summed E-state index contributed by atoms with van der Waals surface area (Å²) < 4.78 is 10.7. The minimum atomic E-state index is -0.425. The van der Waals surface area contributed by atoms with Crippen molar-refractivity contribution >= 4 is 28.2 Å². The van der Waals surface area contributed by atoms with Crippen molar-refractivity contribution in [1.29, 1.82) is 0 Å². The molecule has 2 rings (SSSR count). The second-order valence-corrected chi connectivity index (χ2v) is 6.46. The van der Waals surface area contributed by atoms with E-state index < -0.39 is 5.97 Å². The van der Waals surface area contributed by atoms with Gasteiger partial charge in [0.25, 0.3) is 5.91 Å². The number of rotatable bonds is 8. The van der Waals surface area contributed by atoms with Gasteiger partial charge in [-0.25, -0.2) is 4.79 Å². The Balaban J connectivity index is 2.04. The Kier molecular flexibility index (Phi) is 7.01. The smallest absolute Gasteiger partial charge is 0.341 e. The number of para-hydroxylation sites is 1. The monoisotopic (exact) mass is 361 g/mol. The lowest BCUT2D eigenvalue weighted by Crippen LogP contribution is -2.21. The highest BCUT2D eigenvalue weighted by molar-refractivity contribution is 7.16. The molecule has 0 aliphatic rings. The van der Waals surface area contributed by atoms with Crippen LogP contribution in [0.25, 0.3) is 0 Å². The second kappa shape index (κ2) is 9.22. The van der Waals surface area contributed by atoms with E-state index in [9.17, 15) is 9.59 Å². The summed E-state index contributed by atoms with van der Waals surface area (Å²) in [5.74, 6) is -0.0295. The van der Waals surface area contributed by atoms with Crippen molar-refractivity contribution in [3.05, 3.63) is 46.3 Å². The van der Waals surface area contributed by atoms with Gasteiger partial charge in [-0.3, -0.25) is 4.79 Å². The summed E-state index contributed by atoms with van der Waals surface area (Å²) in [7, 11) is 0. The molecule has 1 aromatic carbocycles. The quantitative estimate of drug-likeness (QED) is 0.720. The van der Waals surface area contributed by atoms with Crippen LogP contribution in [0, 0.1) is 0 Å². The molecule has 6 heteroatoms. The van der Waals surface area contributed by atoms with E-state index in [-0.39, 0.29) is 12.5 Å². The normalized spacial score (nSPS) is 10.4. The summed E-state index contributed by atoms with van der Waals surface area (Å²) in [4.78, 5) is 25.3. The van der Waals surface area contributed by atoms with Crippen LogP contribution < -0.4 is 10.1 Å². The average molecular weight is 361 g/mol. The Labute approximate surface area is 152 Å². The number of carbonyl (C=O) groups excluding carboxylic acids is 2.